The maximum atomic E-state index is 10.6. The minimum absolute atomic E-state index is 0.425. The number of carboxylic acid groups (broad SMARTS) is 2. The normalized spacial score (nSPS) is 18.5. The first-order chi connectivity index (χ1) is 16.7. The zero-order chi connectivity index (χ0) is 27.5. The van der Waals surface area contributed by atoms with E-state index in [-0.39, 0.29) is 0 Å². The smallest absolute Gasteiger partial charge is 0.475 e. The minimum atomic E-state index is -5.08. The van der Waals surface area contributed by atoms with E-state index in [0.29, 0.717) is 5.92 Å². The molecule has 0 saturated heterocycles. The van der Waals surface area contributed by atoms with Crippen LogP contribution in [0.15, 0.2) is 6.20 Å². The van der Waals surface area contributed by atoms with Crippen LogP contribution >= 0.6 is 0 Å². The second-order valence-corrected chi connectivity index (χ2v) is 8.37. The van der Waals surface area contributed by atoms with E-state index in [9.17, 15) is 26.3 Å². The molecule has 9 nitrogen and oxygen atoms in total. The number of carbonyl (C=O) groups is 2. The number of nitrogens with zero attached hydrogens (tertiary/aromatic N) is 3. The lowest BCUT2D eigenvalue weighted by Crippen LogP contribution is -2.38. The number of aliphatic carboxylic acids is 2. The summed E-state index contributed by atoms with van der Waals surface area (Å²) in [6, 6.07) is 0. The molecule has 3 rings (SSSR count). The molecule has 1 aliphatic heterocycles. The third kappa shape index (κ3) is 10.7. The van der Waals surface area contributed by atoms with Gasteiger partial charge in [-0.25, -0.2) is 9.59 Å². The van der Waals surface area contributed by atoms with Crippen LogP contribution in [0.2, 0.25) is 0 Å². The van der Waals surface area contributed by atoms with Gasteiger partial charge in [-0.1, -0.05) is 12.8 Å². The van der Waals surface area contributed by atoms with Crippen LogP contribution in [-0.4, -0.2) is 89.7 Å². The number of alkyl halides is 6. The van der Waals surface area contributed by atoms with Gasteiger partial charge in [-0.2, -0.15) is 31.4 Å². The Bertz CT molecular complexity index is 800. The van der Waals surface area contributed by atoms with Crippen molar-refractivity contribution in [3.63, 3.8) is 0 Å². The number of halogens is 6. The van der Waals surface area contributed by atoms with Gasteiger partial charge >= 0.3 is 24.3 Å². The molecular formula is C21H31F6N3O6. The van der Waals surface area contributed by atoms with Crippen molar-refractivity contribution in [3.05, 3.63) is 17.5 Å². The molecule has 2 aliphatic rings. The highest BCUT2D eigenvalue weighted by Gasteiger charge is 2.39. The average molecular weight is 535 g/mol. The van der Waals surface area contributed by atoms with Crippen LogP contribution in [0.1, 0.15) is 42.9 Å². The summed E-state index contributed by atoms with van der Waals surface area (Å²) in [5.74, 6) is -4.27. The number of hydrogen-bond donors (Lipinski definition) is 2. The van der Waals surface area contributed by atoms with Crippen molar-refractivity contribution in [2.75, 3.05) is 40.5 Å². The number of methoxy groups -OCH3 is 2. The van der Waals surface area contributed by atoms with Crippen molar-refractivity contribution in [2.24, 2.45) is 5.92 Å². The van der Waals surface area contributed by atoms with Gasteiger partial charge in [-0.05, 0) is 18.8 Å². The highest BCUT2D eigenvalue weighted by molar-refractivity contribution is 5.73. The Labute approximate surface area is 203 Å². The number of rotatable bonds is 7. The molecule has 15 heteroatoms. The van der Waals surface area contributed by atoms with E-state index in [1.807, 2.05) is 0 Å². The van der Waals surface area contributed by atoms with Gasteiger partial charge < -0.3 is 19.7 Å². The molecule has 2 N–H and O–H groups in total. The number of fused-ring (bicyclic) bond motifs is 1. The highest BCUT2D eigenvalue weighted by atomic mass is 19.4. The zero-order valence-electron chi connectivity index (χ0n) is 19.9. The number of ether oxygens (including phenoxy) is 2. The average Bonchev–Trinajstić information content (AvgIpc) is 3.42. The van der Waals surface area contributed by atoms with E-state index in [1.165, 1.54) is 36.9 Å². The van der Waals surface area contributed by atoms with E-state index < -0.39 is 24.3 Å². The van der Waals surface area contributed by atoms with E-state index >= 15 is 0 Å². The molecule has 1 atom stereocenters. The second-order valence-electron chi connectivity index (χ2n) is 8.37. The Balaban J connectivity index is 0.000000383. The van der Waals surface area contributed by atoms with Gasteiger partial charge in [0, 0.05) is 57.6 Å². The van der Waals surface area contributed by atoms with Crippen molar-refractivity contribution >= 4 is 11.9 Å². The van der Waals surface area contributed by atoms with Crippen LogP contribution in [0.4, 0.5) is 26.3 Å². The van der Waals surface area contributed by atoms with Gasteiger partial charge in [-0.3, -0.25) is 9.58 Å². The van der Waals surface area contributed by atoms with Crippen LogP contribution in [-0.2, 0) is 32.2 Å². The fourth-order valence-electron chi connectivity index (χ4n) is 4.04. The first kappa shape index (κ1) is 31.6. The Morgan fingerprint density at radius 3 is 2.00 bits per heavy atom. The summed E-state index contributed by atoms with van der Waals surface area (Å²) in [7, 11) is 3.56. The highest BCUT2D eigenvalue weighted by Crippen LogP contribution is 2.32. The van der Waals surface area contributed by atoms with E-state index in [2.05, 4.69) is 15.8 Å². The quantitative estimate of drug-likeness (QED) is 0.510. The molecular weight excluding hydrogens is 504 g/mol. The first-order valence-electron chi connectivity index (χ1n) is 11.1. The molecule has 0 radical (unpaired) electrons. The summed E-state index contributed by atoms with van der Waals surface area (Å²) in [5.41, 5.74) is 2.80. The third-order valence-corrected chi connectivity index (χ3v) is 5.59. The van der Waals surface area contributed by atoms with Crippen molar-refractivity contribution < 1.29 is 55.6 Å². The number of aromatic nitrogens is 2. The van der Waals surface area contributed by atoms with Gasteiger partial charge in [0.25, 0.3) is 0 Å². The molecule has 1 unspecified atom stereocenters. The van der Waals surface area contributed by atoms with Gasteiger partial charge in [0.05, 0.1) is 19.4 Å². The maximum Gasteiger partial charge on any atom is 0.490 e. The van der Waals surface area contributed by atoms with Crippen LogP contribution < -0.4 is 0 Å². The summed E-state index contributed by atoms with van der Waals surface area (Å²) in [5, 5.41) is 19.0. The lowest BCUT2D eigenvalue weighted by Gasteiger charge is -2.33. The van der Waals surface area contributed by atoms with Crippen molar-refractivity contribution in [2.45, 2.75) is 57.0 Å². The SMILES string of the molecule is COCCN1Cc2cnn(CC3CCCC3)c2C(COC)C1.O=C(O)C(F)(F)F.O=C(O)C(F)(F)F. The summed E-state index contributed by atoms with van der Waals surface area (Å²) in [4.78, 5) is 20.2. The monoisotopic (exact) mass is 535 g/mol. The summed E-state index contributed by atoms with van der Waals surface area (Å²) in [6.45, 7) is 5.65. The topological polar surface area (TPSA) is 114 Å². The molecule has 2 heterocycles. The van der Waals surface area contributed by atoms with Gasteiger partial charge in [0.1, 0.15) is 0 Å². The lowest BCUT2D eigenvalue weighted by molar-refractivity contribution is -0.193. The van der Waals surface area contributed by atoms with E-state index in [4.69, 9.17) is 34.4 Å². The molecule has 36 heavy (non-hydrogen) atoms. The van der Waals surface area contributed by atoms with Gasteiger partial charge in [0.2, 0.25) is 0 Å². The molecule has 0 spiro atoms. The maximum absolute atomic E-state index is 10.6. The van der Waals surface area contributed by atoms with Crippen LogP contribution in [0.5, 0.6) is 0 Å². The molecule has 1 aliphatic carbocycles. The van der Waals surface area contributed by atoms with Crippen molar-refractivity contribution in [3.8, 4) is 0 Å². The van der Waals surface area contributed by atoms with Gasteiger partial charge in [0.15, 0.2) is 0 Å². The molecule has 0 aromatic carbocycles. The van der Waals surface area contributed by atoms with Crippen LogP contribution in [0.3, 0.4) is 0 Å². The fourth-order valence-corrected chi connectivity index (χ4v) is 4.04. The second kappa shape index (κ2) is 14.4. The molecule has 0 amide bonds. The molecule has 1 fully saturated rings. The van der Waals surface area contributed by atoms with E-state index in [0.717, 1.165) is 45.3 Å². The Kier molecular flexibility index (Phi) is 12.6. The minimum Gasteiger partial charge on any atom is -0.475 e. The zero-order valence-corrected chi connectivity index (χ0v) is 19.9. The van der Waals surface area contributed by atoms with Crippen LogP contribution in [0.25, 0.3) is 0 Å². The standard InChI is InChI=1S/C17H29N3O2.2C2HF3O2/c1-21-8-7-19-11-15-9-18-20(10-14-5-3-4-6-14)17(15)16(12-19)13-22-2;2*3-2(4,5)1(6)7/h9,14,16H,3-8,10-13H2,1-2H3;2*(H,6,7). The van der Waals surface area contributed by atoms with Crippen molar-refractivity contribution in [1.29, 1.82) is 0 Å². The Hall–Kier alpha value is -2.39. The molecule has 0 bridgehead atoms. The first-order valence-corrected chi connectivity index (χ1v) is 11.1. The van der Waals surface area contributed by atoms with Crippen molar-refractivity contribution in [1.82, 2.24) is 14.7 Å². The lowest BCUT2D eigenvalue weighted by atomic mass is 9.96. The molecule has 1 aromatic rings. The Morgan fingerprint density at radius 1 is 1.03 bits per heavy atom. The third-order valence-electron chi connectivity index (χ3n) is 5.59. The fraction of sp³-hybridized carbons (Fsp3) is 0.762. The predicted octanol–water partition coefficient (Wildman–Crippen LogP) is 3.53. The Morgan fingerprint density at radius 2 is 1.56 bits per heavy atom. The van der Waals surface area contributed by atoms with Gasteiger partial charge in [-0.15, -0.1) is 0 Å². The number of carboxylic acids is 2. The summed E-state index contributed by atoms with van der Waals surface area (Å²) >= 11 is 0. The summed E-state index contributed by atoms with van der Waals surface area (Å²) in [6.07, 6.45) is -2.58. The molecule has 1 aromatic heterocycles. The molecule has 208 valence electrons. The van der Waals surface area contributed by atoms with Crippen LogP contribution in [0, 0.1) is 5.92 Å². The number of hydrogen-bond acceptors (Lipinski definition) is 6. The summed E-state index contributed by atoms with van der Waals surface area (Å²) < 4.78 is 76.5. The largest absolute Gasteiger partial charge is 0.490 e. The predicted molar refractivity (Wildman–Crippen MR) is 113 cm³/mol. The molecule has 1 saturated carbocycles. The van der Waals surface area contributed by atoms with E-state index in [1.54, 1.807) is 14.2 Å².